The molecule has 4 nitrogen and oxygen atoms in total. The van der Waals surface area contributed by atoms with Gasteiger partial charge in [0.15, 0.2) is 0 Å². The number of benzene rings is 1. The number of carbonyl (C=O) groups is 1. The fourth-order valence-corrected chi connectivity index (χ4v) is 3.88. The molecular weight excluding hydrogens is 378 g/mol. The van der Waals surface area contributed by atoms with Crippen molar-refractivity contribution in [3.8, 4) is 0 Å². The van der Waals surface area contributed by atoms with Crippen molar-refractivity contribution in [1.82, 2.24) is 9.47 Å². The normalized spacial score (nSPS) is 14.6. The Hall–Kier alpha value is -1.75. The highest BCUT2D eigenvalue weighted by molar-refractivity contribution is 9.10. The number of halogens is 1. The Morgan fingerprint density at radius 1 is 1.16 bits per heavy atom. The van der Waals surface area contributed by atoms with E-state index in [2.05, 4.69) is 45.1 Å². The first-order valence-corrected chi connectivity index (χ1v) is 9.83. The van der Waals surface area contributed by atoms with Crippen molar-refractivity contribution in [2.75, 3.05) is 25.0 Å². The molecule has 3 rings (SSSR count). The number of anilines is 1. The van der Waals surface area contributed by atoms with Crippen LogP contribution in [-0.2, 0) is 13.1 Å². The zero-order valence-corrected chi connectivity index (χ0v) is 16.6. The Bertz CT molecular complexity index is 717. The lowest BCUT2D eigenvalue weighted by Gasteiger charge is -2.29. The van der Waals surface area contributed by atoms with E-state index in [-0.39, 0.29) is 5.91 Å². The fraction of sp³-hybridized carbons (Fsp3) is 0.450. The third kappa shape index (κ3) is 4.27. The lowest BCUT2D eigenvalue weighted by atomic mass is 10.1. The second-order valence-electron chi connectivity index (χ2n) is 6.70. The van der Waals surface area contributed by atoms with Crippen molar-refractivity contribution >= 4 is 27.5 Å². The first-order valence-electron chi connectivity index (χ1n) is 9.03. The number of rotatable bonds is 5. The summed E-state index contributed by atoms with van der Waals surface area (Å²) in [6, 6.07) is 10.5. The van der Waals surface area contributed by atoms with Gasteiger partial charge in [-0.3, -0.25) is 4.79 Å². The lowest BCUT2D eigenvalue weighted by molar-refractivity contribution is 0.0774. The first-order chi connectivity index (χ1) is 12.1. The molecule has 0 unspecified atom stereocenters. The fourth-order valence-electron chi connectivity index (χ4n) is 3.42. The minimum atomic E-state index is 0.0488. The van der Waals surface area contributed by atoms with Crippen LogP contribution in [0, 0.1) is 0 Å². The number of hydrogen-bond donors (Lipinski definition) is 0. The van der Waals surface area contributed by atoms with Gasteiger partial charge in [-0.05, 0) is 65.9 Å². The van der Waals surface area contributed by atoms with Crippen LogP contribution in [0.2, 0.25) is 0 Å². The molecule has 1 aromatic carbocycles. The number of amides is 1. The van der Waals surface area contributed by atoms with E-state index in [1.54, 1.807) is 4.90 Å². The van der Waals surface area contributed by atoms with Crippen LogP contribution in [0.25, 0.3) is 0 Å². The number of aromatic nitrogens is 1. The number of piperidine rings is 1. The molecule has 0 saturated carbocycles. The van der Waals surface area contributed by atoms with Crippen molar-refractivity contribution in [3.63, 3.8) is 0 Å². The molecule has 0 N–H and O–H groups in total. The molecule has 5 heteroatoms. The van der Waals surface area contributed by atoms with Gasteiger partial charge in [-0.2, -0.15) is 0 Å². The number of carbonyl (C=O) groups excluding carboxylic acids is 1. The lowest BCUT2D eigenvalue weighted by Crippen LogP contribution is -2.29. The molecule has 25 heavy (non-hydrogen) atoms. The summed E-state index contributed by atoms with van der Waals surface area (Å²) >= 11 is 3.46. The molecule has 2 heterocycles. The maximum Gasteiger partial charge on any atom is 0.270 e. The van der Waals surface area contributed by atoms with Gasteiger partial charge in [0.1, 0.15) is 5.69 Å². The number of hydrogen-bond acceptors (Lipinski definition) is 2. The molecule has 1 aliphatic rings. The molecular formula is C20H26BrN3O. The summed E-state index contributed by atoms with van der Waals surface area (Å²) in [6.07, 6.45) is 5.86. The van der Waals surface area contributed by atoms with Gasteiger partial charge in [-0.15, -0.1) is 0 Å². The molecule has 0 aliphatic carbocycles. The van der Waals surface area contributed by atoms with E-state index < -0.39 is 0 Å². The van der Waals surface area contributed by atoms with Crippen LogP contribution in [0.4, 0.5) is 5.69 Å². The predicted molar refractivity (Wildman–Crippen MR) is 106 cm³/mol. The maximum absolute atomic E-state index is 12.7. The Morgan fingerprint density at radius 3 is 2.48 bits per heavy atom. The zero-order chi connectivity index (χ0) is 17.8. The van der Waals surface area contributed by atoms with E-state index in [1.807, 2.05) is 30.8 Å². The van der Waals surface area contributed by atoms with Crippen LogP contribution in [0.3, 0.4) is 0 Å². The van der Waals surface area contributed by atoms with Crippen LogP contribution in [-0.4, -0.2) is 35.5 Å². The highest BCUT2D eigenvalue weighted by Gasteiger charge is 2.17. The van der Waals surface area contributed by atoms with Crippen LogP contribution < -0.4 is 4.90 Å². The Kier molecular flexibility index (Phi) is 5.84. The summed E-state index contributed by atoms with van der Waals surface area (Å²) < 4.78 is 2.92. The largest absolute Gasteiger partial charge is 0.372 e. The van der Waals surface area contributed by atoms with Crippen molar-refractivity contribution in [1.29, 1.82) is 0 Å². The maximum atomic E-state index is 12.7. The second-order valence-corrected chi connectivity index (χ2v) is 7.62. The highest BCUT2D eigenvalue weighted by Crippen LogP contribution is 2.21. The molecule has 0 radical (unpaired) electrons. The summed E-state index contributed by atoms with van der Waals surface area (Å²) in [6.45, 7) is 5.75. The van der Waals surface area contributed by atoms with Gasteiger partial charge in [0.25, 0.3) is 5.91 Å². The van der Waals surface area contributed by atoms with E-state index in [9.17, 15) is 4.79 Å². The van der Waals surface area contributed by atoms with Crippen molar-refractivity contribution in [3.05, 3.63) is 52.3 Å². The summed E-state index contributed by atoms with van der Waals surface area (Å²) in [5.74, 6) is 0.0488. The van der Waals surface area contributed by atoms with E-state index in [0.29, 0.717) is 6.54 Å². The van der Waals surface area contributed by atoms with E-state index in [4.69, 9.17) is 0 Å². The van der Waals surface area contributed by atoms with Gasteiger partial charge in [0.05, 0.1) is 0 Å². The van der Waals surface area contributed by atoms with E-state index >= 15 is 0 Å². The van der Waals surface area contributed by atoms with Crippen LogP contribution in [0.15, 0.2) is 41.0 Å². The van der Waals surface area contributed by atoms with Gasteiger partial charge < -0.3 is 14.4 Å². The minimum Gasteiger partial charge on any atom is -0.372 e. The molecule has 0 atom stereocenters. The highest BCUT2D eigenvalue weighted by atomic mass is 79.9. The third-order valence-corrected chi connectivity index (χ3v) is 5.28. The van der Waals surface area contributed by atoms with Crippen LogP contribution in [0.5, 0.6) is 0 Å². The van der Waals surface area contributed by atoms with Gasteiger partial charge in [0, 0.05) is 49.6 Å². The van der Waals surface area contributed by atoms with Crippen molar-refractivity contribution in [2.45, 2.75) is 39.3 Å². The van der Waals surface area contributed by atoms with Crippen LogP contribution in [0.1, 0.15) is 42.2 Å². The predicted octanol–water partition coefficient (Wildman–Crippen LogP) is 4.53. The standard InChI is InChI=1S/C20H26BrN3O/c1-3-23-15-17(21)13-19(23)20(25)22(2)14-16-7-9-18(10-8-16)24-11-5-4-6-12-24/h7-10,13,15H,3-6,11-12,14H2,1-2H3. The molecule has 1 saturated heterocycles. The topological polar surface area (TPSA) is 28.5 Å². The van der Waals surface area contributed by atoms with Gasteiger partial charge in [0.2, 0.25) is 0 Å². The Morgan fingerprint density at radius 2 is 1.84 bits per heavy atom. The Labute approximate surface area is 158 Å². The third-order valence-electron chi connectivity index (χ3n) is 4.85. The van der Waals surface area contributed by atoms with Crippen molar-refractivity contribution < 1.29 is 4.79 Å². The van der Waals surface area contributed by atoms with Gasteiger partial charge in [-0.1, -0.05) is 12.1 Å². The van der Waals surface area contributed by atoms with Crippen molar-refractivity contribution in [2.24, 2.45) is 0 Å². The summed E-state index contributed by atoms with van der Waals surface area (Å²) in [5.41, 5.74) is 3.17. The minimum absolute atomic E-state index is 0.0488. The second kappa shape index (κ2) is 8.09. The quantitative estimate of drug-likeness (QED) is 0.733. The monoisotopic (exact) mass is 403 g/mol. The van der Waals surface area contributed by atoms with Gasteiger partial charge >= 0.3 is 0 Å². The van der Waals surface area contributed by atoms with Gasteiger partial charge in [-0.25, -0.2) is 0 Å². The number of aryl methyl sites for hydroxylation is 1. The Balaban J connectivity index is 1.65. The molecule has 1 fully saturated rings. The summed E-state index contributed by atoms with van der Waals surface area (Å²) in [4.78, 5) is 17.0. The molecule has 1 amide bonds. The summed E-state index contributed by atoms with van der Waals surface area (Å²) in [5, 5.41) is 0. The smallest absolute Gasteiger partial charge is 0.270 e. The molecule has 2 aromatic rings. The average Bonchev–Trinajstić information content (AvgIpc) is 3.03. The zero-order valence-electron chi connectivity index (χ0n) is 15.0. The molecule has 134 valence electrons. The van der Waals surface area contributed by atoms with E-state index in [0.717, 1.165) is 35.4 Å². The van der Waals surface area contributed by atoms with E-state index in [1.165, 1.54) is 24.9 Å². The molecule has 0 spiro atoms. The average molecular weight is 404 g/mol. The first kappa shape index (κ1) is 18.1. The molecule has 0 bridgehead atoms. The molecule has 1 aliphatic heterocycles. The SMILES string of the molecule is CCn1cc(Br)cc1C(=O)N(C)Cc1ccc(N2CCCCC2)cc1. The summed E-state index contributed by atoms with van der Waals surface area (Å²) in [7, 11) is 1.86. The molecule has 1 aromatic heterocycles. The number of nitrogens with zero attached hydrogens (tertiary/aromatic N) is 3. The van der Waals surface area contributed by atoms with Crippen LogP contribution >= 0.6 is 15.9 Å².